The molecule has 0 unspecified atom stereocenters. The summed E-state index contributed by atoms with van der Waals surface area (Å²) in [4.78, 5) is 10.9. The van der Waals surface area contributed by atoms with Crippen molar-refractivity contribution in [2.24, 2.45) is 0 Å². The lowest BCUT2D eigenvalue weighted by atomic mass is 10.0. The number of fused-ring (bicyclic) bond motifs is 1. The molecule has 0 amide bonds. The van der Waals surface area contributed by atoms with Gasteiger partial charge in [0.15, 0.2) is 11.5 Å². The van der Waals surface area contributed by atoms with E-state index < -0.39 is 0 Å². The lowest BCUT2D eigenvalue weighted by Gasteiger charge is -2.13. The largest absolute Gasteiger partial charge is 0.503 e. The van der Waals surface area contributed by atoms with Crippen molar-refractivity contribution in [3.8, 4) is 28.5 Å². The Bertz CT molecular complexity index is 1260. The number of phenols is 1. The predicted molar refractivity (Wildman–Crippen MR) is 132 cm³/mol. The molecule has 0 bridgehead atoms. The summed E-state index contributed by atoms with van der Waals surface area (Å²) in [7, 11) is 5.50. The van der Waals surface area contributed by atoms with E-state index in [4.69, 9.17) is 21.1 Å². The fraction of sp³-hybridized carbons (Fsp3) is 0.200. The SMILES string of the molecule is COc1cc(-c2ccc3nccc(Nc4ccc(OCCN(C)C)nc4)c3c2)cc(Cl)c1O. The molecule has 0 saturated heterocycles. The normalized spacial score (nSPS) is 11.1. The Balaban J connectivity index is 1.61. The second kappa shape index (κ2) is 9.94. The Hall–Kier alpha value is -3.55. The summed E-state index contributed by atoms with van der Waals surface area (Å²) >= 11 is 6.19. The van der Waals surface area contributed by atoms with Crippen LogP contribution in [0, 0.1) is 0 Å². The summed E-state index contributed by atoms with van der Waals surface area (Å²) in [5.41, 5.74) is 4.31. The molecular formula is C25H25ClN4O3. The number of nitrogens with one attached hydrogen (secondary N) is 1. The van der Waals surface area contributed by atoms with Gasteiger partial charge < -0.3 is 24.8 Å². The molecule has 0 spiro atoms. The van der Waals surface area contributed by atoms with Crippen LogP contribution in [0.25, 0.3) is 22.0 Å². The maximum absolute atomic E-state index is 10.0. The molecule has 2 N–H and O–H groups in total. The van der Waals surface area contributed by atoms with E-state index in [1.807, 2.05) is 50.5 Å². The van der Waals surface area contributed by atoms with Gasteiger partial charge >= 0.3 is 0 Å². The highest BCUT2D eigenvalue weighted by atomic mass is 35.5. The Morgan fingerprint density at radius 2 is 1.88 bits per heavy atom. The number of aromatic nitrogens is 2. The molecule has 170 valence electrons. The summed E-state index contributed by atoms with van der Waals surface area (Å²) < 4.78 is 10.9. The van der Waals surface area contributed by atoms with Crippen molar-refractivity contribution in [3.05, 3.63) is 65.9 Å². The number of benzene rings is 2. The van der Waals surface area contributed by atoms with Crippen LogP contribution in [0.4, 0.5) is 11.4 Å². The van der Waals surface area contributed by atoms with Gasteiger partial charge in [-0.25, -0.2) is 4.98 Å². The zero-order chi connectivity index (χ0) is 23.4. The van der Waals surface area contributed by atoms with E-state index in [1.165, 1.54) is 7.11 Å². The number of halogens is 1. The molecule has 2 heterocycles. The number of pyridine rings is 2. The maximum Gasteiger partial charge on any atom is 0.213 e. The minimum Gasteiger partial charge on any atom is -0.503 e. The topological polar surface area (TPSA) is 79.7 Å². The minimum absolute atomic E-state index is 0.0747. The molecule has 2 aromatic heterocycles. The van der Waals surface area contributed by atoms with Gasteiger partial charge in [0.1, 0.15) is 6.61 Å². The van der Waals surface area contributed by atoms with Crippen LogP contribution in [0.3, 0.4) is 0 Å². The van der Waals surface area contributed by atoms with Crippen molar-refractivity contribution in [1.82, 2.24) is 14.9 Å². The van der Waals surface area contributed by atoms with Crippen LogP contribution in [0.2, 0.25) is 5.02 Å². The zero-order valence-corrected chi connectivity index (χ0v) is 19.4. The fourth-order valence-electron chi connectivity index (χ4n) is 3.36. The Labute approximate surface area is 197 Å². The predicted octanol–water partition coefficient (Wildman–Crippen LogP) is 5.35. The number of hydrogen-bond acceptors (Lipinski definition) is 7. The first-order chi connectivity index (χ1) is 15.9. The maximum atomic E-state index is 10.0. The molecule has 0 aliphatic heterocycles. The number of phenolic OH excluding ortho intramolecular Hbond substituents is 1. The number of ether oxygens (including phenoxy) is 2. The molecule has 33 heavy (non-hydrogen) atoms. The quantitative estimate of drug-likeness (QED) is 0.364. The highest BCUT2D eigenvalue weighted by Gasteiger charge is 2.12. The molecule has 2 aromatic carbocycles. The van der Waals surface area contributed by atoms with Gasteiger partial charge in [-0.1, -0.05) is 17.7 Å². The van der Waals surface area contributed by atoms with Crippen LogP contribution in [0.5, 0.6) is 17.4 Å². The Morgan fingerprint density at radius 1 is 1.03 bits per heavy atom. The second-order valence-corrected chi connectivity index (χ2v) is 8.17. The number of likely N-dealkylation sites (N-methyl/N-ethyl adjacent to an activating group) is 1. The summed E-state index contributed by atoms with van der Waals surface area (Å²) in [6.45, 7) is 1.40. The van der Waals surface area contributed by atoms with E-state index in [1.54, 1.807) is 24.5 Å². The average molecular weight is 465 g/mol. The summed E-state index contributed by atoms with van der Waals surface area (Å²) in [6, 6.07) is 15.1. The number of rotatable bonds is 8. The zero-order valence-electron chi connectivity index (χ0n) is 18.7. The second-order valence-electron chi connectivity index (χ2n) is 7.76. The molecule has 0 fully saturated rings. The van der Waals surface area contributed by atoms with Crippen LogP contribution < -0.4 is 14.8 Å². The summed E-state index contributed by atoms with van der Waals surface area (Å²) in [5.74, 6) is 0.831. The van der Waals surface area contributed by atoms with Gasteiger partial charge in [0.25, 0.3) is 0 Å². The van der Waals surface area contributed by atoms with Crippen LogP contribution in [-0.4, -0.2) is 54.3 Å². The lowest BCUT2D eigenvalue weighted by molar-refractivity contribution is 0.254. The monoisotopic (exact) mass is 464 g/mol. The number of methoxy groups -OCH3 is 1. The highest BCUT2D eigenvalue weighted by Crippen LogP contribution is 2.39. The van der Waals surface area contributed by atoms with Crippen molar-refractivity contribution in [1.29, 1.82) is 0 Å². The van der Waals surface area contributed by atoms with Gasteiger partial charge in [0.05, 0.1) is 29.5 Å². The molecule has 0 atom stereocenters. The van der Waals surface area contributed by atoms with E-state index in [0.717, 1.165) is 39.9 Å². The molecule has 0 aliphatic rings. The van der Waals surface area contributed by atoms with Crippen molar-refractivity contribution in [2.75, 3.05) is 39.7 Å². The van der Waals surface area contributed by atoms with E-state index in [9.17, 15) is 5.11 Å². The van der Waals surface area contributed by atoms with Gasteiger partial charge in [0.2, 0.25) is 5.88 Å². The number of hydrogen-bond donors (Lipinski definition) is 2. The Morgan fingerprint density at radius 3 is 2.61 bits per heavy atom. The van der Waals surface area contributed by atoms with Crippen molar-refractivity contribution in [2.45, 2.75) is 0 Å². The molecule has 4 rings (SSSR count). The molecule has 8 heteroatoms. The molecular weight excluding hydrogens is 440 g/mol. The highest BCUT2D eigenvalue weighted by molar-refractivity contribution is 6.32. The van der Waals surface area contributed by atoms with Gasteiger partial charge in [-0.15, -0.1) is 0 Å². The van der Waals surface area contributed by atoms with Gasteiger partial charge in [-0.3, -0.25) is 4.98 Å². The third kappa shape index (κ3) is 5.27. The van der Waals surface area contributed by atoms with E-state index >= 15 is 0 Å². The summed E-state index contributed by atoms with van der Waals surface area (Å²) in [5, 5.41) is 14.6. The molecule has 0 radical (unpaired) electrons. The molecule has 0 aliphatic carbocycles. The average Bonchev–Trinajstić information content (AvgIpc) is 2.81. The number of anilines is 2. The summed E-state index contributed by atoms with van der Waals surface area (Å²) in [6.07, 6.45) is 3.50. The van der Waals surface area contributed by atoms with Gasteiger partial charge in [-0.2, -0.15) is 0 Å². The smallest absolute Gasteiger partial charge is 0.213 e. The van der Waals surface area contributed by atoms with Gasteiger partial charge in [-0.05, 0) is 61.6 Å². The third-order valence-electron chi connectivity index (χ3n) is 5.13. The van der Waals surface area contributed by atoms with Crippen LogP contribution in [0.15, 0.2) is 60.9 Å². The van der Waals surface area contributed by atoms with Crippen LogP contribution >= 0.6 is 11.6 Å². The third-order valence-corrected chi connectivity index (χ3v) is 5.42. The number of aromatic hydroxyl groups is 1. The van der Waals surface area contributed by atoms with Crippen molar-refractivity contribution in [3.63, 3.8) is 0 Å². The van der Waals surface area contributed by atoms with E-state index in [-0.39, 0.29) is 10.8 Å². The molecule has 4 aromatic rings. The lowest BCUT2D eigenvalue weighted by Crippen LogP contribution is -2.19. The van der Waals surface area contributed by atoms with Crippen LogP contribution in [0.1, 0.15) is 0 Å². The first kappa shape index (κ1) is 22.6. The Kier molecular flexibility index (Phi) is 6.82. The molecule has 0 saturated carbocycles. The fourth-order valence-corrected chi connectivity index (χ4v) is 3.57. The van der Waals surface area contributed by atoms with Crippen molar-refractivity contribution >= 4 is 33.9 Å². The van der Waals surface area contributed by atoms with Crippen molar-refractivity contribution < 1.29 is 14.6 Å². The first-order valence-corrected chi connectivity index (χ1v) is 10.8. The number of nitrogens with zero attached hydrogens (tertiary/aromatic N) is 3. The van der Waals surface area contributed by atoms with Gasteiger partial charge in [0, 0.05) is 29.9 Å². The van der Waals surface area contributed by atoms with Crippen LogP contribution in [-0.2, 0) is 0 Å². The first-order valence-electron chi connectivity index (χ1n) is 10.4. The minimum atomic E-state index is -0.0747. The molecule has 7 nitrogen and oxygen atoms in total. The van der Waals surface area contributed by atoms with E-state index in [0.29, 0.717) is 18.2 Å². The van der Waals surface area contributed by atoms with E-state index in [2.05, 4.69) is 20.2 Å². The standard InChI is InChI=1S/C25H25ClN4O3/c1-30(2)10-11-33-24-7-5-18(15-28-24)29-22-8-9-27-21-6-4-16(12-19(21)22)17-13-20(26)25(31)23(14-17)32-3/h4-9,12-15,31H,10-11H2,1-3H3,(H,27,29).